The van der Waals surface area contributed by atoms with Gasteiger partial charge in [-0.05, 0) is 33.1 Å². The van der Waals surface area contributed by atoms with Crippen LogP contribution in [0.25, 0.3) is 0 Å². The van der Waals surface area contributed by atoms with Crippen molar-refractivity contribution >= 4 is 11.9 Å². The Balaban J connectivity index is 1.42. The van der Waals surface area contributed by atoms with Crippen LogP contribution in [0.15, 0.2) is 6.20 Å². The van der Waals surface area contributed by atoms with E-state index >= 15 is 0 Å². The molecule has 3 atom stereocenters. The van der Waals surface area contributed by atoms with Gasteiger partial charge in [-0.15, -0.1) is 0 Å². The summed E-state index contributed by atoms with van der Waals surface area (Å²) in [5.41, 5.74) is 1.98. The molecule has 7 nitrogen and oxygen atoms in total. The molecule has 1 amide bonds. The molecule has 1 saturated carbocycles. The highest BCUT2D eigenvalue weighted by Gasteiger charge is 2.47. The number of likely N-dealkylation sites (tertiary alicyclic amines) is 1. The van der Waals surface area contributed by atoms with Gasteiger partial charge in [-0.3, -0.25) is 4.79 Å². The Hall–Kier alpha value is -1.73. The number of carbonyl (C=O) groups is 1. The van der Waals surface area contributed by atoms with E-state index in [1.165, 1.54) is 6.42 Å². The quantitative estimate of drug-likeness (QED) is 0.773. The third-order valence-corrected chi connectivity index (χ3v) is 6.81. The van der Waals surface area contributed by atoms with E-state index in [0.29, 0.717) is 19.1 Å². The van der Waals surface area contributed by atoms with Gasteiger partial charge in [0.05, 0.1) is 36.5 Å². The van der Waals surface area contributed by atoms with Gasteiger partial charge in [0.25, 0.3) is 0 Å². The van der Waals surface area contributed by atoms with Crippen molar-refractivity contribution in [3.63, 3.8) is 0 Å². The normalized spacial score (nSPS) is 33.1. The molecule has 0 aromatic carbocycles. The lowest BCUT2D eigenvalue weighted by Gasteiger charge is -2.38. The predicted octanol–water partition coefficient (Wildman–Crippen LogP) is 1.89. The molecule has 0 radical (unpaired) electrons. The van der Waals surface area contributed by atoms with Crippen molar-refractivity contribution in [3.8, 4) is 0 Å². The van der Waals surface area contributed by atoms with Crippen LogP contribution in [-0.2, 0) is 26.3 Å². The SMILES string of the molecule is C[C@H]1CN(c2ncc3c(n2)[C@]2(CCN(C(=O)C4CCC4)C2)COC3)C[C@H](C)O1. The maximum atomic E-state index is 12.8. The zero-order chi connectivity index (χ0) is 19.3. The minimum atomic E-state index is -0.186. The minimum absolute atomic E-state index is 0.169. The highest BCUT2D eigenvalue weighted by molar-refractivity contribution is 5.80. The largest absolute Gasteiger partial charge is 0.376 e. The molecule has 5 rings (SSSR count). The van der Waals surface area contributed by atoms with E-state index in [1.807, 2.05) is 6.20 Å². The van der Waals surface area contributed by atoms with E-state index in [9.17, 15) is 4.79 Å². The Bertz CT molecular complexity index is 758. The Labute approximate surface area is 166 Å². The van der Waals surface area contributed by atoms with Crippen LogP contribution in [0.4, 0.5) is 5.95 Å². The molecule has 152 valence electrons. The van der Waals surface area contributed by atoms with Crippen molar-refractivity contribution < 1.29 is 14.3 Å². The van der Waals surface area contributed by atoms with Gasteiger partial charge < -0.3 is 19.3 Å². The number of carbonyl (C=O) groups excluding carboxylic acids is 1. The Kier molecular flexibility index (Phi) is 4.55. The van der Waals surface area contributed by atoms with Crippen LogP contribution in [0.2, 0.25) is 0 Å². The van der Waals surface area contributed by atoms with Gasteiger partial charge in [-0.2, -0.15) is 0 Å². The molecule has 3 fully saturated rings. The summed E-state index contributed by atoms with van der Waals surface area (Å²) in [6, 6.07) is 0. The third kappa shape index (κ3) is 3.08. The molecule has 1 aromatic rings. The number of nitrogens with zero attached hydrogens (tertiary/aromatic N) is 4. The number of amides is 1. The molecule has 0 unspecified atom stereocenters. The first-order valence-electron chi connectivity index (χ1n) is 10.7. The topological polar surface area (TPSA) is 67.8 Å². The van der Waals surface area contributed by atoms with Gasteiger partial charge in [-0.1, -0.05) is 6.42 Å². The molecule has 1 aliphatic carbocycles. The number of morpholine rings is 1. The van der Waals surface area contributed by atoms with Crippen molar-refractivity contribution in [3.05, 3.63) is 17.5 Å². The number of rotatable bonds is 2. The summed E-state index contributed by atoms with van der Waals surface area (Å²) >= 11 is 0. The molecule has 1 spiro atoms. The number of fused-ring (bicyclic) bond motifs is 2. The van der Waals surface area contributed by atoms with Crippen LogP contribution in [0.1, 0.15) is 50.8 Å². The maximum Gasteiger partial charge on any atom is 0.225 e. The van der Waals surface area contributed by atoms with E-state index in [0.717, 1.165) is 62.6 Å². The second-order valence-corrected chi connectivity index (χ2v) is 9.12. The monoisotopic (exact) mass is 386 g/mol. The average molecular weight is 386 g/mol. The molecule has 7 heteroatoms. The van der Waals surface area contributed by atoms with Crippen molar-refractivity contribution in [2.24, 2.45) is 5.92 Å². The molecule has 4 heterocycles. The molecule has 0 N–H and O–H groups in total. The van der Waals surface area contributed by atoms with Crippen molar-refractivity contribution in [1.29, 1.82) is 0 Å². The van der Waals surface area contributed by atoms with Gasteiger partial charge in [0, 0.05) is 43.9 Å². The van der Waals surface area contributed by atoms with Crippen LogP contribution < -0.4 is 4.90 Å². The van der Waals surface area contributed by atoms with Crippen molar-refractivity contribution in [2.75, 3.05) is 37.7 Å². The standard InChI is InChI=1S/C21H30N4O3/c1-14-9-25(10-15(2)28-14)20-22-8-17-11-27-13-21(18(17)23-20)6-7-24(12-21)19(26)16-4-3-5-16/h8,14-16H,3-7,9-13H2,1-2H3/t14-,15-,21-/m0/s1. The zero-order valence-corrected chi connectivity index (χ0v) is 16.9. The maximum absolute atomic E-state index is 12.8. The molecule has 2 saturated heterocycles. The Morgan fingerprint density at radius 2 is 2.04 bits per heavy atom. The summed E-state index contributed by atoms with van der Waals surface area (Å²) in [5.74, 6) is 1.36. The van der Waals surface area contributed by atoms with E-state index in [2.05, 4.69) is 28.6 Å². The lowest BCUT2D eigenvalue weighted by atomic mass is 9.80. The van der Waals surface area contributed by atoms with Gasteiger partial charge >= 0.3 is 0 Å². The first-order chi connectivity index (χ1) is 13.5. The average Bonchev–Trinajstić information content (AvgIpc) is 3.04. The Morgan fingerprint density at radius 3 is 2.75 bits per heavy atom. The first-order valence-corrected chi connectivity index (χ1v) is 10.7. The van der Waals surface area contributed by atoms with Crippen molar-refractivity contribution in [1.82, 2.24) is 14.9 Å². The summed E-state index contributed by atoms with van der Waals surface area (Å²) in [4.78, 5) is 26.8. The predicted molar refractivity (Wildman–Crippen MR) is 104 cm³/mol. The van der Waals surface area contributed by atoms with Crippen LogP contribution in [0.3, 0.4) is 0 Å². The highest BCUT2D eigenvalue weighted by Crippen LogP contribution is 2.41. The molecule has 0 bridgehead atoms. The number of anilines is 1. The van der Waals surface area contributed by atoms with Gasteiger partial charge in [0.15, 0.2) is 0 Å². The summed E-state index contributed by atoms with van der Waals surface area (Å²) in [5, 5.41) is 0. The van der Waals surface area contributed by atoms with Crippen LogP contribution in [0, 0.1) is 5.92 Å². The molecule has 28 heavy (non-hydrogen) atoms. The first kappa shape index (κ1) is 18.3. The smallest absolute Gasteiger partial charge is 0.225 e. The lowest BCUT2D eigenvalue weighted by Crippen LogP contribution is -2.47. The number of ether oxygens (including phenoxy) is 2. The number of hydrogen-bond acceptors (Lipinski definition) is 6. The third-order valence-electron chi connectivity index (χ3n) is 6.81. The minimum Gasteiger partial charge on any atom is -0.376 e. The molecule has 3 aliphatic heterocycles. The molecular formula is C21H30N4O3. The fourth-order valence-electron chi connectivity index (χ4n) is 5.17. The van der Waals surface area contributed by atoms with Gasteiger partial charge in [0.2, 0.25) is 11.9 Å². The van der Waals surface area contributed by atoms with E-state index < -0.39 is 0 Å². The number of aromatic nitrogens is 2. The fraction of sp³-hybridized carbons (Fsp3) is 0.762. The molecular weight excluding hydrogens is 356 g/mol. The highest BCUT2D eigenvalue weighted by atomic mass is 16.5. The fourth-order valence-corrected chi connectivity index (χ4v) is 5.17. The van der Waals surface area contributed by atoms with E-state index in [1.54, 1.807) is 0 Å². The van der Waals surface area contributed by atoms with Gasteiger partial charge in [-0.25, -0.2) is 9.97 Å². The second kappa shape index (κ2) is 6.95. The summed E-state index contributed by atoms with van der Waals surface area (Å²) in [6.07, 6.45) is 6.48. The summed E-state index contributed by atoms with van der Waals surface area (Å²) in [6.45, 7) is 8.53. The van der Waals surface area contributed by atoms with Gasteiger partial charge in [0.1, 0.15) is 0 Å². The van der Waals surface area contributed by atoms with Crippen LogP contribution >= 0.6 is 0 Å². The Morgan fingerprint density at radius 1 is 1.25 bits per heavy atom. The summed E-state index contributed by atoms with van der Waals surface area (Å²) in [7, 11) is 0. The van der Waals surface area contributed by atoms with Crippen LogP contribution in [0.5, 0.6) is 0 Å². The molecule has 4 aliphatic rings. The second-order valence-electron chi connectivity index (χ2n) is 9.12. The zero-order valence-electron chi connectivity index (χ0n) is 16.9. The number of hydrogen-bond donors (Lipinski definition) is 0. The van der Waals surface area contributed by atoms with E-state index in [4.69, 9.17) is 14.5 Å². The van der Waals surface area contributed by atoms with E-state index in [-0.39, 0.29) is 23.5 Å². The van der Waals surface area contributed by atoms with Crippen LogP contribution in [-0.4, -0.2) is 65.8 Å². The lowest BCUT2D eigenvalue weighted by molar-refractivity contribution is -0.137. The summed E-state index contributed by atoms with van der Waals surface area (Å²) < 4.78 is 11.8. The molecule has 1 aromatic heterocycles. The van der Waals surface area contributed by atoms with Crippen molar-refractivity contribution in [2.45, 2.75) is 63.8 Å².